The van der Waals surface area contributed by atoms with E-state index in [-0.39, 0.29) is 11.3 Å². The normalized spacial score (nSPS) is 18.3. The van der Waals surface area contributed by atoms with Crippen LogP contribution in [-0.2, 0) is 0 Å². The number of hydrogen-bond acceptors (Lipinski definition) is 3. The van der Waals surface area contributed by atoms with Crippen molar-refractivity contribution in [2.45, 2.75) is 19.8 Å². The zero-order chi connectivity index (χ0) is 13.0. The molecule has 1 aliphatic rings. The fraction of sp³-hybridized carbons (Fsp3) is 0.538. The fourth-order valence-corrected chi connectivity index (χ4v) is 2.50. The van der Waals surface area contributed by atoms with Crippen molar-refractivity contribution < 1.29 is 4.79 Å². The molecule has 2 heterocycles. The predicted octanol–water partition coefficient (Wildman–Crippen LogP) is 1.96. The average molecular weight is 312 g/mol. The van der Waals surface area contributed by atoms with E-state index in [9.17, 15) is 4.79 Å². The van der Waals surface area contributed by atoms with E-state index in [1.165, 1.54) is 0 Å². The van der Waals surface area contributed by atoms with Gasteiger partial charge >= 0.3 is 0 Å². The van der Waals surface area contributed by atoms with Crippen LogP contribution >= 0.6 is 15.9 Å². The third-order valence-corrected chi connectivity index (χ3v) is 3.89. The maximum absolute atomic E-state index is 12.0. The lowest BCUT2D eigenvalue weighted by molar-refractivity contribution is 0.0922. The first kappa shape index (κ1) is 13.5. The summed E-state index contributed by atoms with van der Waals surface area (Å²) in [6, 6.07) is 1.78. The standard InChI is InChI=1S/C13H18BrN3O/c1-13(2-4-15-5-3-13)9-17-12(18)10-6-11(14)8-16-7-10/h6-8,15H,2-5,9H2,1H3,(H,17,18). The molecular formula is C13H18BrN3O. The molecule has 0 atom stereocenters. The van der Waals surface area contributed by atoms with Crippen LogP contribution in [0.5, 0.6) is 0 Å². The second-order valence-electron chi connectivity index (χ2n) is 5.14. The van der Waals surface area contributed by atoms with E-state index in [2.05, 4.69) is 38.5 Å². The molecule has 0 bridgehead atoms. The first-order valence-electron chi connectivity index (χ1n) is 6.19. The molecule has 18 heavy (non-hydrogen) atoms. The quantitative estimate of drug-likeness (QED) is 0.897. The van der Waals surface area contributed by atoms with E-state index < -0.39 is 0 Å². The Bertz CT molecular complexity index is 430. The van der Waals surface area contributed by atoms with Crippen molar-refractivity contribution in [1.29, 1.82) is 0 Å². The maximum Gasteiger partial charge on any atom is 0.252 e. The molecule has 98 valence electrons. The smallest absolute Gasteiger partial charge is 0.252 e. The van der Waals surface area contributed by atoms with Gasteiger partial charge in [0.25, 0.3) is 5.91 Å². The molecular weight excluding hydrogens is 294 g/mol. The molecule has 1 amide bonds. The highest BCUT2D eigenvalue weighted by atomic mass is 79.9. The van der Waals surface area contributed by atoms with Gasteiger partial charge in [0.1, 0.15) is 0 Å². The van der Waals surface area contributed by atoms with Gasteiger partial charge in [-0.05, 0) is 53.3 Å². The average Bonchev–Trinajstić information content (AvgIpc) is 2.37. The van der Waals surface area contributed by atoms with Crippen LogP contribution in [0.1, 0.15) is 30.1 Å². The van der Waals surface area contributed by atoms with Gasteiger partial charge in [0.2, 0.25) is 0 Å². The summed E-state index contributed by atoms with van der Waals surface area (Å²) in [4.78, 5) is 16.0. The Morgan fingerprint density at radius 2 is 2.22 bits per heavy atom. The van der Waals surface area contributed by atoms with Crippen molar-refractivity contribution in [2.75, 3.05) is 19.6 Å². The third kappa shape index (κ3) is 3.53. The second-order valence-corrected chi connectivity index (χ2v) is 6.05. The number of aromatic nitrogens is 1. The van der Waals surface area contributed by atoms with Crippen molar-refractivity contribution in [1.82, 2.24) is 15.6 Å². The van der Waals surface area contributed by atoms with Crippen LogP contribution in [0, 0.1) is 5.41 Å². The fourth-order valence-electron chi connectivity index (χ4n) is 2.14. The van der Waals surface area contributed by atoms with Crippen LogP contribution < -0.4 is 10.6 Å². The summed E-state index contributed by atoms with van der Waals surface area (Å²) in [5.74, 6) is -0.0523. The molecule has 1 aromatic heterocycles. The van der Waals surface area contributed by atoms with Gasteiger partial charge in [0, 0.05) is 23.4 Å². The SMILES string of the molecule is CC1(CNC(=O)c2cncc(Br)c2)CCNCC1. The van der Waals surface area contributed by atoms with Gasteiger partial charge in [-0.2, -0.15) is 0 Å². The van der Waals surface area contributed by atoms with E-state index in [4.69, 9.17) is 0 Å². The summed E-state index contributed by atoms with van der Waals surface area (Å²) >= 11 is 3.32. The largest absolute Gasteiger partial charge is 0.351 e. The summed E-state index contributed by atoms with van der Waals surface area (Å²) in [7, 11) is 0. The highest BCUT2D eigenvalue weighted by Crippen LogP contribution is 2.26. The Morgan fingerprint density at radius 1 is 1.50 bits per heavy atom. The van der Waals surface area contributed by atoms with Gasteiger partial charge in [-0.1, -0.05) is 6.92 Å². The first-order valence-corrected chi connectivity index (χ1v) is 6.98. The number of piperidine rings is 1. The predicted molar refractivity (Wildman–Crippen MR) is 74.5 cm³/mol. The molecule has 1 aromatic rings. The van der Waals surface area contributed by atoms with Crippen LogP contribution in [0.15, 0.2) is 22.9 Å². The van der Waals surface area contributed by atoms with Crippen molar-refractivity contribution in [3.63, 3.8) is 0 Å². The van der Waals surface area contributed by atoms with Crippen molar-refractivity contribution in [3.8, 4) is 0 Å². The van der Waals surface area contributed by atoms with Gasteiger partial charge in [-0.15, -0.1) is 0 Å². The monoisotopic (exact) mass is 311 g/mol. The Kier molecular flexibility index (Phi) is 4.35. The second kappa shape index (κ2) is 5.80. The summed E-state index contributed by atoms with van der Waals surface area (Å²) in [5.41, 5.74) is 0.808. The van der Waals surface area contributed by atoms with Crippen LogP contribution in [0.2, 0.25) is 0 Å². The number of rotatable bonds is 3. The minimum absolute atomic E-state index is 0.0523. The minimum Gasteiger partial charge on any atom is -0.351 e. The molecule has 2 rings (SSSR count). The lowest BCUT2D eigenvalue weighted by Gasteiger charge is -2.34. The minimum atomic E-state index is -0.0523. The summed E-state index contributed by atoms with van der Waals surface area (Å²) in [5, 5.41) is 6.35. The first-order chi connectivity index (χ1) is 8.59. The Balaban J connectivity index is 1.92. The van der Waals surface area contributed by atoms with Gasteiger partial charge in [0.05, 0.1) is 5.56 Å². The van der Waals surface area contributed by atoms with Crippen LogP contribution in [0.4, 0.5) is 0 Å². The number of pyridine rings is 1. The number of amides is 1. The van der Waals surface area contributed by atoms with E-state index in [0.717, 1.165) is 36.9 Å². The van der Waals surface area contributed by atoms with Gasteiger partial charge in [0.15, 0.2) is 0 Å². The van der Waals surface area contributed by atoms with Crippen LogP contribution in [0.25, 0.3) is 0 Å². The highest BCUT2D eigenvalue weighted by molar-refractivity contribution is 9.10. The van der Waals surface area contributed by atoms with E-state index in [1.807, 2.05) is 0 Å². The number of nitrogens with one attached hydrogen (secondary N) is 2. The van der Waals surface area contributed by atoms with E-state index in [1.54, 1.807) is 18.5 Å². The highest BCUT2D eigenvalue weighted by Gasteiger charge is 2.27. The van der Waals surface area contributed by atoms with Crippen LogP contribution in [0.3, 0.4) is 0 Å². The Morgan fingerprint density at radius 3 is 2.89 bits per heavy atom. The Labute approximate surface area is 116 Å². The number of nitrogens with zero attached hydrogens (tertiary/aromatic N) is 1. The third-order valence-electron chi connectivity index (χ3n) is 3.45. The molecule has 1 fully saturated rings. The molecule has 0 radical (unpaired) electrons. The van der Waals surface area contributed by atoms with Gasteiger partial charge in [-0.3, -0.25) is 9.78 Å². The van der Waals surface area contributed by atoms with E-state index >= 15 is 0 Å². The number of hydrogen-bond donors (Lipinski definition) is 2. The lowest BCUT2D eigenvalue weighted by atomic mass is 9.81. The molecule has 0 aromatic carbocycles. The summed E-state index contributed by atoms with van der Waals surface area (Å²) < 4.78 is 0.822. The molecule has 1 saturated heterocycles. The van der Waals surface area contributed by atoms with E-state index in [0.29, 0.717) is 5.56 Å². The number of halogens is 1. The van der Waals surface area contributed by atoms with Crippen molar-refractivity contribution >= 4 is 21.8 Å². The van der Waals surface area contributed by atoms with Crippen molar-refractivity contribution in [2.24, 2.45) is 5.41 Å². The summed E-state index contributed by atoms with van der Waals surface area (Å²) in [6.07, 6.45) is 5.46. The van der Waals surface area contributed by atoms with Gasteiger partial charge in [-0.25, -0.2) is 0 Å². The number of carbonyl (C=O) groups excluding carboxylic acids is 1. The molecule has 5 heteroatoms. The molecule has 4 nitrogen and oxygen atoms in total. The molecule has 0 unspecified atom stereocenters. The number of carbonyl (C=O) groups is 1. The molecule has 0 aliphatic carbocycles. The zero-order valence-electron chi connectivity index (χ0n) is 10.5. The topological polar surface area (TPSA) is 54.0 Å². The zero-order valence-corrected chi connectivity index (χ0v) is 12.1. The van der Waals surface area contributed by atoms with Crippen LogP contribution in [-0.4, -0.2) is 30.5 Å². The lowest BCUT2D eigenvalue weighted by Crippen LogP contribution is -2.42. The summed E-state index contributed by atoms with van der Waals surface area (Å²) in [6.45, 7) is 5.02. The molecule has 0 spiro atoms. The van der Waals surface area contributed by atoms with Gasteiger partial charge < -0.3 is 10.6 Å². The maximum atomic E-state index is 12.0. The van der Waals surface area contributed by atoms with Crippen molar-refractivity contribution in [3.05, 3.63) is 28.5 Å². The molecule has 0 saturated carbocycles. The Hall–Kier alpha value is -0.940. The molecule has 2 N–H and O–H groups in total. The molecule has 1 aliphatic heterocycles.